The SMILES string of the molecule is CN1CCN(Cc2cccc(-c3nc(CC(=O)NC4CCCCCCC4)cs3)c2)CC1. The van der Waals surface area contributed by atoms with Crippen LogP contribution in [0, 0.1) is 0 Å². The molecule has 1 amide bonds. The first-order valence-electron chi connectivity index (χ1n) is 11.9. The second kappa shape index (κ2) is 11.2. The first-order chi connectivity index (χ1) is 15.2. The van der Waals surface area contributed by atoms with Crippen LogP contribution in [0.1, 0.15) is 56.2 Å². The maximum Gasteiger partial charge on any atom is 0.226 e. The van der Waals surface area contributed by atoms with Gasteiger partial charge in [-0.05, 0) is 31.5 Å². The van der Waals surface area contributed by atoms with Gasteiger partial charge in [0.2, 0.25) is 5.91 Å². The third-order valence-electron chi connectivity index (χ3n) is 6.54. The maximum atomic E-state index is 12.6. The van der Waals surface area contributed by atoms with E-state index in [4.69, 9.17) is 4.98 Å². The summed E-state index contributed by atoms with van der Waals surface area (Å²) in [6, 6.07) is 9.07. The molecule has 6 heteroatoms. The van der Waals surface area contributed by atoms with Gasteiger partial charge in [0, 0.05) is 49.7 Å². The van der Waals surface area contributed by atoms with Crippen LogP contribution in [0.5, 0.6) is 0 Å². The van der Waals surface area contributed by atoms with Gasteiger partial charge in [-0.15, -0.1) is 11.3 Å². The van der Waals surface area contributed by atoms with Crippen molar-refractivity contribution in [2.75, 3.05) is 33.2 Å². The number of amides is 1. The van der Waals surface area contributed by atoms with Crippen molar-refractivity contribution in [3.05, 3.63) is 40.9 Å². The molecule has 0 bridgehead atoms. The van der Waals surface area contributed by atoms with Gasteiger partial charge in [-0.1, -0.05) is 50.3 Å². The number of likely N-dealkylation sites (N-methyl/N-ethyl adjacent to an activating group) is 1. The Morgan fingerprint density at radius 3 is 2.61 bits per heavy atom. The highest BCUT2D eigenvalue weighted by Gasteiger charge is 2.17. The molecule has 0 spiro atoms. The van der Waals surface area contributed by atoms with Gasteiger partial charge >= 0.3 is 0 Å². The zero-order chi connectivity index (χ0) is 21.5. The molecular weight excluding hydrogens is 404 g/mol. The highest BCUT2D eigenvalue weighted by molar-refractivity contribution is 7.13. The Bertz CT molecular complexity index is 836. The molecular formula is C25H36N4OS. The molecule has 168 valence electrons. The van der Waals surface area contributed by atoms with Crippen molar-refractivity contribution in [1.29, 1.82) is 0 Å². The second-order valence-electron chi connectivity index (χ2n) is 9.21. The zero-order valence-electron chi connectivity index (χ0n) is 18.8. The third-order valence-corrected chi connectivity index (χ3v) is 7.48. The molecule has 1 aliphatic carbocycles. The number of nitrogens with one attached hydrogen (secondary N) is 1. The molecule has 31 heavy (non-hydrogen) atoms. The predicted octanol–water partition coefficient (Wildman–Crippen LogP) is 4.33. The molecule has 0 atom stereocenters. The normalized spacial score (nSPS) is 19.6. The fourth-order valence-electron chi connectivity index (χ4n) is 4.63. The van der Waals surface area contributed by atoms with Crippen LogP contribution in [0.2, 0.25) is 0 Å². The van der Waals surface area contributed by atoms with Crippen LogP contribution in [0.25, 0.3) is 10.6 Å². The van der Waals surface area contributed by atoms with Crippen LogP contribution in [0.3, 0.4) is 0 Å². The summed E-state index contributed by atoms with van der Waals surface area (Å²) in [7, 11) is 2.19. The lowest BCUT2D eigenvalue weighted by Crippen LogP contribution is -2.43. The largest absolute Gasteiger partial charge is 0.353 e. The molecule has 1 saturated heterocycles. The number of carbonyl (C=O) groups is 1. The minimum absolute atomic E-state index is 0.117. The predicted molar refractivity (Wildman–Crippen MR) is 128 cm³/mol. The Hall–Kier alpha value is -1.76. The van der Waals surface area contributed by atoms with Crippen molar-refractivity contribution in [2.24, 2.45) is 0 Å². The Morgan fingerprint density at radius 1 is 1.10 bits per heavy atom. The molecule has 2 aliphatic rings. The number of hydrogen-bond acceptors (Lipinski definition) is 5. The Labute approximate surface area is 190 Å². The molecule has 1 aromatic heterocycles. The summed E-state index contributed by atoms with van der Waals surface area (Å²) >= 11 is 1.64. The summed E-state index contributed by atoms with van der Waals surface area (Å²) in [6.07, 6.45) is 9.03. The van der Waals surface area contributed by atoms with E-state index in [1.54, 1.807) is 11.3 Å². The summed E-state index contributed by atoms with van der Waals surface area (Å²) in [5, 5.41) is 6.31. The molecule has 5 nitrogen and oxygen atoms in total. The lowest BCUT2D eigenvalue weighted by Gasteiger charge is -2.32. The highest BCUT2D eigenvalue weighted by Crippen LogP contribution is 2.25. The number of rotatable bonds is 6. The number of hydrogen-bond donors (Lipinski definition) is 1. The number of piperazine rings is 1. The van der Waals surface area contributed by atoms with Gasteiger partial charge < -0.3 is 10.2 Å². The molecule has 0 radical (unpaired) electrons. The molecule has 4 rings (SSSR count). The van der Waals surface area contributed by atoms with E-state index in [1.165, 1.54) is 37.7 Å². The van der Waals surface area contributed by atoms with Gasteiger partial charge in [0.15, 0.2) is 0 Å². The summed E-state index contributed by atoms with van der Waals surface area (Å²) < 4.78 is 0. The Balaban J connectivity index is 1.32. The molecule has 2 fully saturated rings. The van der Waals surface area contributed by atoms with Crippen LogP contribution in [0.4, 0.5) is 0 Å². The van der Waals surface area contributed by atoms with Gasteiger partial charge in [-0.2, -0.15) is 0 Å². The van der Waals surface area contributed by atoms with Crippen LogP contribution in [0.15, 0.2) is 29.6 Å². The molecule has 0 unspecified atom stereocenters. The van der Waals surface area contributed by atoms with Gasteiger partial charge in [-0.25, -0.2) is 4.98 Å². The number of nitrogens with zero attached hydrogens (tertiary/aromatic N) is 3. The van der Waals surface area contributed by atoms with Crippen molar-refractivity contribution < 1.29 is 4.79 Å². The fraction of sp³-hybridized carbons (Fsp3) is 0.600. The first-order valence-corrected chi connectivity index (χ1v) is 12.8. The summed E-state index contributed by atoms with van der Waals surface area (Å²) in [4.78, 5) is 22.3. The average molecular weight is 441 g/mol. The highest BCUT2D eigenvalue weighted by atomic mass is 32.1. The van der Waals surface area contributed by atoms with Gasteiger partial charge in [-0.3, -0.25) is 9.69 Å². The Morgan fingerprint density at radius 2 is 1.84 bits per heavy atom. The summed E-state index contributed by atoms with van der Waals surface area (Å²) in [5.41, 5.74) is 3.37. The van der Waals surface area contributed by atoms with Crippen molar-refractivity contribution in [3.8, 4) is 10.6 Å². The van der Waals surface area contributed by atoms with Gasteiger partial charge in [0.1, 0.15) is 5.01 Å². The minimum Gasteiger partial charge on any atom is -0.353 e. The smallest absolute Gasteiger partial charge is 0.226 e. The van der Waals surface area contributed by atoms with Crippen molar-refractivity contribution in [3.63, 3.8) is 0 Å². The van der Waals surface area contributed by atoms with Crippen LogP contribution >= 0.6 is 11.3 Å². The van der Waals surface area contributed by atoms with E-state index in [0.717, 1.165) is 61.8 Å². The van der Waals surface area contributed by atoms with Crippen molar-refractivity contribution in [1.82, 2.24) is 20.1 Å². The second-order valence-corrected chi connectivity index (χ2v) is 10.1. The number of thiazole rings is 1. The Kier molecular flexibility index (Phi) is 8.11. The van der Waals surface area contributed by atoms with Crippen molar-refractivity contribution >= 4 is 17.2 Å². The molecule has 1 saturated carbocycles. The van der Waals surface area contributed by atoms with Crippen LogP contribution in [-0.4, -0.2) is 60.0 Å². The van der Waals surface area contributed by atoms with E-state index in [0.29, 0.717) is 12.5 Å². The lowest BCUT2D eigenvalue weighted by molar-refractivity contribution is -0.121. The standard InChI is InChI=1S/C25H36N4OS/c1-28-12-14-29(15-13-28)18-20-8-7-9-21(16-20)25-27-23(19-31-25)17-24(30)26-22-10-5-3-2-4-6-11-22/h7-9,16,19,22H,2-6,10-15,17-18H2,1H3,(H,26,30). The quantitative estimate of drug-likeness (QED) is 0.726. The van der Waals surface area contributed by atoms with E-state index < -0.39 is 0 Å². The van der Waals surface area contributed by atoms with E-state index in [-0.39, 0.29) is 5.91 Å². The van der Waals surface area contributed by atoms with E-state index in [9.17, 15) is 4.79 Å². The zero-order valence-corrected chi connectivity index (χ0v) is 19.6. The molecule has 2 heterocycles. The van der Waals surface area contributed by atoms with Gasteiger partial charge in [0.25, 0.3) is 0 Å². The van der Waals surface area contributed by atoms with E-state index >= 15 is 0 Å². The molecule has 1 aliphatic heterocycles. The van der Waals surface area contributed by atoms with E-state index in [2.05, 4.69) is 46.4 Å². The van der Waals surface area contributed by atoms with E-state index in [1.807, 2.05) is 5.38 Å². The lowest BCUT2D eigenvalue weighted by atomic mass is 9.96. The van der Waals surface area contributed by atoms with Crippen molar-refractivity contribution in [2.45, 2.75) is 64.0 Å². The average Bonchev–Trinajstić information content (AvgIpc) is 3.20. The molecule has 2 aromatic rings. The number of benzene rings is 1. The van der Waals surface area contributed by atoms with Crippen LogP contribution in [-0.2, 0) is 17.8 Å². The van der Waals surface area contributed by atoms with Gasteiger partial charge in [0.05, 0.1) is 12.1 Å². The topological polar surface area (TPSA) is 48.5 Å². The summed E-state index contributed by atoms with van der Waals surface area (Å²) in [5.74, 6) is 0.117. The maximum absolute atomic E-state index is 12.6. The fourth-order valence-corrected chi connectivity index (χ4v) is 5.45. The molecule has 1 aromatic carbocycles. The van der Waals surface area contributed by atoms with Crippen LogP contribution < -0.4 is 5.32 Å². The minimum atomic E-state index is 0.117. The number of carbonyl (C=O) groups excluding carboxylic acids is 1. The monoisotopic (exact) mass is 440 g/mol. The summed E-state index contributed by atoms with van der Waals surface area (Å²) in [6.45, 7) is 5.51. The molecule has 1 N–H and O–H groups in total. The first kappa shape index (κ1) is 22.4. The number of aromatic nitrogens is 1. The third kappa shape index (κ3) is 6.86.